The highest BCUT2D eigenvalue weighted by atomic mass is 16.4. The summed E-state index contributed by atoms with van der Waals surface area (Å²) in [4.78, 5) is 23.7. The number of carboxylic acids is 1. The topological polar surface area (TPSA) is 74.6 Å². The number of likely N-dealkylation sites (N-methyl/N-ethyl adjacent to an activating group) is 1. The smallest absolute Gasteiger partial charge is 0.317 e. The van der Waals surface area contributed by atoms with E-state index in [2.05, 4.69) is 6.92 Å². The molecular weight excluding hydrogens is 402 g/mol. The van der Waals surface area contributed by atoms with Crippen molar-refractivity contribution < 1.29 is 24.3 Å². The first-order valence-electron chi connectivity index (χ1n) is 13.1. The predicted octanol–water partition coefficient (Wildman–Crippen LogP) is 6.14. The molecule has 2 N–H and O–H groups in total. The minimum absolute atomic E-state index is 0.218. The number of aliphatic hydroxyl groups is 1. The Labute approximate surface area is 197 Å². The van der Waals surface area contributed by atoms with Crippen LogP contribution in [0.25, 0.3) is 0 Å². The van der Waals surface area contributed by atoms with E-state index in [1.54, 1.807) is 6.08 Å². The Morgan fingerprint density at radius 1 is 0.750 bits per heavy atom. The predicted molar refractivity (Wildman–Crippen MR) is 134 cm³/mol. The summed E-state index contributed by atoms with van der Waals surface area (Å²) >= 11 is 0. The normalized spacial score (nSPS) is 14.0. The van der Waals surface area contributed by atoms with Crippen LogP contribution in [0.1, 0.15) is 110 Å². The van der Waals surface area contributed by atoms with Gasteiger partial charge in [0.25, 0.3) is 0 Å². The molecule has 0 fully saturated rings. The molecule has 0 amide bonds. The maximum atomic E-state index is 12.2. The van der Waals surface area contributed by atoms with Crippen molar-refractivity contribution in [2.24, 2.45) is 5.92 Å². The van der Waals surface area contributed by atoms with Gasteiger partial charge in [-0.2, -0.15) is 0 Å². The van der Waals surface area contributed by atoms with Crippen LogP contribution in [0.2, 0.25) is 0 Å². The number of unbranched alkanes of at least 4 members (excludes halogenated alkanes) is 15. The van der Waals surface area contributed by atoms with Gasteiger partial charge >= 0.3 is 5.97 Å². The first-order valence-corrected chi connectivity index (χ1v) is 13.1. The van der Waals surface area contributed by atoms with Gasteiger partial charge in [0.15, 0.2) is 11.7 Å². The molecule has 5 nitrogen and oxygen atoms in total. The molecule has 0 saturated heterocycles. The van der Waals surface area contributed by atoms with E-state index < -0.39 is 23.8 Å². The van der Waals surface area contributed by atoms with Crippen LogP contribution in [0.4, 0.5) is 0 Å². The van der Waals surface area contributed by atoms with E-state index in [9.17, 15) is 19.8 Å². The van der Waals surface area contributed by atoms with Crippen molar-refractivity contribution in [1.29, 1.82) is 0 Å². The van der Waals surface area contributed by atoms with Crippen LogP contribution in [0.3, 0.4) is 0 Å². The zero-order valence-electron chi connectivity index (χ0n) is 21.5. The lowest BCUT2D eigenvalue weighted by molar-refractivity contribution is -0.873. The molecule has 0 bridgehead atoms. The summed E-state index contributed by atoms with van der Waals surface area (Å²) in [5, 5.41) is 19.5. The fourth-order valence-corrected chi connectivity index (χ4v) is 4.08. The number of hydrogen-bond acceptors (Lipinski definition) is 3. The number of aliphatic hydroxyl groups excluding tert-OH is 1. The average molecular weight is 455 g/mol. The second-order valence-corrected chi connectivity index (χ2v) is 10.4. The van der Waals surface area contributed by atoms with E-state index in [4.69, 9.17) is 0 Å². The molecule has 0 radical (unpaired) electrons. The Balaban J connectivity index is 3.72. The van der Waals surface area contributed by atoms with Gasteiger partial charge in [-0.15, -0.1) is 0 Å². The number of aliphatic carboxylic acids is 1. The molecule has 188 valence electrons. The van der Waals surface area contributed by atoms with Gasteiger partial charge in [-0.3, -0.25) is 9.59 Å². The number of ketones is 1. The van der Waals surface area contributed by atoms with Crippen LogP contribution in [-0.4, -0.2) is 60.2 Å². The summed E-state index contributed by atoms with van der Waals surface area (Å²) < 4.78 is 0.404. The third-order valence-corrected chi connectivity index (χ3v) is 5.95. The highest BCUT2D eigenvalue weighted by Crippen LogP contribution is 2.14. The molecule has 5 heteroatoms. The molecule has 2 unspecified atom stereocenters. The van der Waals surface area contributed by atoms with E-state index in [0.717, 1.165) is 19.3 Å². The summed E-state index contributed by atoms with van der Waals surface area (Å²) in [6.07, 6.45) is 22.5. The summed E-state index contributed by atoms with van der Waals surface area (Å²) in [6, 6.07) is 0. The monoisotopic (exact) mass is 454 g/mol. The molecule has 0 aliphatic carbocycles. The second kappa shape index (κ2) is 19.3. The van der Waals surface area contributed by atoms with Crippen molar-refractivity contribution in [3.63, 3.8) is 0 Å². The summed E-state index contributed by atoms with van der Waals surface area (Å²) in [5.74, 6) is -3.16. The first-order chi connectivity index (χ1) is 15.2. The number of quaternary nitrogens is 1. The Kier molecular flexibility index (Phi) is 18.6. The lowest BCUT2D eigenvalue weighted by atomic mass is 9.96. The molecule has 0 saturated carbocycles. The van der Waals surface area contributed by atoms with Crippen LogP contribution >= 0.6 is 0 Å². The molecule has 0 aliphatic heterocycles. The maximum Gasteiger partial charge on any atom is 0.317 e. The van der Waals surface area contributed by atoms with Crippen molar-refractivity contribution in [1.82, 2.24) is 0 Å². The Bertz CT molecular complexity index is 510. The van der Waals surface area contributed by atoms with Crippen LogP contribution in [0.15, 0.2) is 12.2 Å². The van der Waals surface area contributed by atoms with Gasteiger partial charge in [-0.05, 0) is 18.9 Å². The van der Waals surface area contributed by atoms with Gasteiger partial charge in [0.2, 0.25) is 0 Å². The molecule has 0 aromatic heterocycles. The van der Waals surface area contributed by atoms with Crippen molar-refractivity contribution in [2.45, 2.75) is 116 Å². The van der Waals surface area contributed by atoms with E-state index in [-0.39, 0.29) is 6.54 Å². The molecule has 32 heavy (non-hydrogen) atoms. The van der Waals surface area contributed by atoms with Gasteiger partial charge in [0, 0.05) is 0 Å². The number of carbonyl (C=O) groups excluding carboxylic acids is 1. The number of rotatable bonds is 22. The molecule has 0 heterocycles. The van der Waals surface area contributed by atoms with E-state index >= 15 is 0 Å². The van der Waals surface area contributed by atoms with E-state index in [0.29, 0.717) is 4.48 Å². The van der Waals surface area contributed by atoms with Crippen molar-refractivity contribution >= 4 is 11.8 Å². The van der Waals surface area contributed by atoms with Crippen LogP contribution < -0.4 is 0 Å². The maximum absolute atomic E-state index is 12.2. The fourth-order valence-electron chi connectivity index (χ4n) is 4.08. The Morgan fingerprint density at radius 2 is 1.16 bits per heavy atom. The molecule has 0 aromatic carbocycles. The van der Waals surface area contributed by atoms with Gasteiger partial charge < -0.3 is 14.7 Å². The molecule has 0 aliphatic rings. The Morgan fingerprint density at radius 3 is 1.53 bits per heavy atom. The minimum atomic E-state index is -1.38. The second-order valence-electron chi connectivity index (χ2n) is 10.4. The molecular formula is C27H52NO4+. The molecule has 2 atom stereocenters. The van der Waals surface area contributed by atoms with Crippen molar-refractivity contribution in [2.75, 3.05) is 27.7 Å². The molecule has 0 spiro atoms. The number of hydrogen-bond donors (Lipinski definition) is 2. The Hall–Kier alpha value is -1.20. The average Bonchev–Trinajstić information content (AvgIpc) is 2.68. The fraction of sp³-hybridized carbons (Fsp3) is 0.852. The van der Waals surface area contributed by atoms with Crippen molar-refractivity contribution in [3.05, 3.63) is 12.2 Å². The zero-order valence-corrected chi connectivity index (χ0v) is 21.5. The quantitative estimate of drug-likeness (QED) is 0.0891. The standard InChI is InChI=1S/C27H51NO4/c1-5-6-7-8-9-10-11-12-13-14-15-16-17-18-19-20-21-22-24(29)26(27(31)32)25(30)23-28(2,3)4/h21-22,25-26,30H,5-20,23H2,1-4H3/p+1/b22-21-. The van der Waals surface area contributed by atoms with E-state index in [1.165, 1.54) is 89.5 Å². The lowest BCUT2D eigenvalue weighted by Crippen LogP contribution is -2.47. The zero-order chi connectivity index (χ0) is 24.2. The largest absolute Gasteiger partial charge is 0.481 e. The highest BCUT2D eigenvalue weighted by molar-refractivity contribution is 6.04. The summed E-state index contributed by atoms with van der Waals surface area (Å²) in [6.45, 7) is 2.48. The van der Waals surface area contributed by atoms with Gasteiger partial charge in [-0.25, -0.2) is 0 Å². The van der Waals surface area contributed by atoms with Crippen LogP contribution in [0.5, 0.6) is 0 Å². The number of nitrogens with zero attached hydrogens (tertiary/aromatic N) is 1. The van der Waals surface area contributed by atoms with Gasteiger partial charge in [0.1, 0.15) is 12.6 Å². The SMILES string of the molecule is CCCCCCCCCCCCCCCCC/C=C\C(=O)C(C(=O)O)C(O)C[N+](C)(C)C. The first kappa shape index (κ1) is 30.8. The van der Waals surface area contributed by atoms with Gasteiger partial charge in [-0.1, -0.05) is 103 Å². The van der Waals surface area contributed by atoms with Gasteiger partial charge in [0.05, 0.1) is 21.1 Å². The van der Waals surface area contributed by atoms with Crippen molar-refractivity contribution in [3.8, 4) is 0 Å². The van der Waals surface area contributed by atoms with E-state index in [1.807, 2.05) is 21.1 Å². The number of carboxylic acid groups (broad SMARTS) is 1. The number of allylic oxidation sites excluding steroid dienone is 2. The van der Waals surface area contributed by atoms with Crippen LogP contribution in [-0.2, 0) is 9.59 Å². The minimum Gasteiger partial charge on any atom is -0.481 e. The highest BCUT2D eigenvalue weighted by Gasteiger charge is 2.35. The molecule has 0 rings (SSSR count). The van der Waals surface area contributed by atoms with Crippen LogP contribution in [0, 0.1) is 5.92 Å². The summed E-state index contributed by atoms with van der Waals surface area (Å²) in [7, 11) is 5.58. The molecule has 0 aromatic rings. The lowest BCUT2D eigenvalue weighted by Gasteiger charge is -2.28. The summed E-state index contributed by atoms with van der Waals surface area (Å²) in [5.41, 5.74) is 0. The number of carbonyl (C=O) groups is 2. The third-order valence-electron chi connectivity index (χ3n) is 5.95. The third kappa shape index (κ3) is 18.4.